The third-order valence-corrected chi connectivity index (χ3v) is 3.56. The molecule has 0 spiro atoms. The normalized spacial score (nSPS) is 10.6. The molecule has 0 aliphatic heterocycles. The Kier molecular flexibility index (Phi) is 3.59. The van der Waals surface area contributed by atoms with Gasteiger partial charge in [0.1, 0.15) is 16.5 Å². The van der Waals surface area contributed by atoms with Crippen LogP contribution in [0.15, 0.2) is 34.4 Å². The highest BCUT2D eigenvalue weighted by atomic mass is 35.5. The van der Waals surface area contributed by atoms with Crippen LogP contribution in [0.5, 0.6) is 0 Å². The quantitative estimate of drug-likeness (QED) is 0.776. The van der Waals surface area contributed by atoms with Crippen LogP contribution in [0, 0.1) is 18.6 Å². The summed E-state index contributed by atoms with van der Waals surface area (Å²) in [4.78, 5) is 8.41. The Balaban J connectivity index is 2.31. The van der Waals surface area contributed by atoms with Gasteiger partial charge in [-0.15, -0.1) is 0 Å². The van der Waals surface area contributed by atoms with E-state index in [9.17, 15) is 8.78 Å². The van der Waals surface area contributed by atoms with Gasteiger partial charge in [0.05, 0.1) is 0 Å². The molecule has 0 bridgehead atoms. The van der Waals surface area contributed by atoms with E-state index in [1.54, 1.807) is 6.92 Å². The van der Waals surface area contributed by atoms with Crippen molar-refractivity contribution in [3.8, 4) is 0 Å². The topological polar surface area (TPSA) is 25.8 Å². The van der Waals surface area contributed by atoms with E-state index in [1.165, 1.54) is 24.2 Å². The lowest BCUT2D eigenvalue weighted by Crippen LogP contribution is -1.90. The van der Waals surface area contributed by atoms with Gasteiger partial charge in [-0.1, -0.05) is 23.4 Å². The lowest BCUT2D eigenvalue weighted by Gasteiger charge is -2.05. The minimum Gasteiger partial charge on any atom is -0.229 e. The zero-order valence-corrected chi connectivity index (χ0v) is 10.3. The van der Waals surface area contributed by atoms with Crippen molar-refractivity contribution in [1.82, 2.24) is 9.97 Å². The molecule has 0 atom stereocenters. The maximum atomic E-state index is 13.0. The molecule has 2 aromatic rings. The summed E-state index contributed by atoms with van der Waals surface area (Å²) in [7, 11) is 0. The number of rotatable bonds is 2. The van der Waals surface area contributed by atoms with Gasteiger partial charge in [-0.25, -0.2) is 18.7 Å². The maximum Gasteiger partial charge on any atom is 0.159 e. The first-order valence-corrected chi connectivity index (χ1v) is 5.87. The summed E-state index contributed by atoms with van der Waals surface area (Å²) < 4.78 is 25.8. The summed E-state index contributed by atoms with van der Waals surface area (Å²) in [6.07, 6.45) is 1.33. The third kappa shape index (κ3) is 2.73. The second-order valence-corrected chi connectivity index (χ2v) is 4.69. The van der Waals surface area contributed by atoms with E-state index in [4.69, 9.17) is 11.6 Å². The Morgan fingerprint density at radius 3 is 2.65 bits per heavy atom. The molecule has 2 nitrogen and oxygen atoms in total. The average molecular weight is 273 g/mol. The second-order valence-electron chi connectivity index (χ2n) is 3.27. The molecule has 1 aromatic carbocycles. The summed E-state index contributed by atoms with van der Waals surface area (Å²) in [6, 6.07) is 3.68. The van der Waals surface area contributed by atoms with Crippen LogP contribution in [0.25, 0.3) is 0 Å². The fraction of sp³-hybridized carbons (Fsp3) is 0.0909. The van der Waals surface area contributed by atoms with Gasteiger partial charge in [0, 0.05) is 10.5 Å². The summed E-state index contributed by atoms with van der Waals surface area (Å²) in [5, 5.41) is 0.973. The largest absolute Gasteiger partial charge is 0.229 e. The summed E-state index contributed by atoms with van der Waals surface area (Å²) in [6.45, 7) is 1.77. The van der Waals surface area contributed by atoms with Crippen LogP contribution in [0.1, 0.15) is 5.56 Å². The van der Waals surface area contributed by atoms with Crippen molar-refractivity contribution in [2.24, 2.45) is 0 Å². The zero-order chi connectivity index (χ0) is 12.4. The maximum absolute atomic E-state index is 13.0. The smallest absolute Gasteiger partial charge is 0.159 e. The predicted molar refractivity (Wildman–Crippen MR) is 62.3 cm³/mol. The number of nitrogens with zero attached hydrogens (tertiary/aromatic N) is 2. The Bertz CT molecular complexity index is 563. The van der Waals surface area contributed by atoms with Gasteiger partial charge < -0.3 is 0 Å². The Morgan fingerprint density at radius 1 is 1.18 bits per heavy atom. The minimum absolute atomic E-state index is 0.352. The van der Waals surface area contributed by atoms with Crippen LogP contribution in [0.4, 0.5) is 8.78 Å². The van der Waals surface area contributed by atoms with Crippen molar-refractivity contribution in [3.63, 3.8) is 0 Å². The molecule has 0 aliphatic carbocycles. The number of hydrogen-bond acceptors (Lipinski definition) is 3. The molecule has 0 amide bonds. The molecule has 17 heavy (non-hydrogen) atoms. The standard InChI is InChI=1S/C11H7ClF2N2S/c1-6-10(12)15-5-16-11(6)17-7-2-3-8(13)9(14)4-7/h2-5H,1H3. The van der Waals surface area contributed by atoms with E-state index in [0.717, 1.165) is 12.1 Å². The second kappa shape index (κ2) is 4.98. The molecule has 0 aliphatic rings. The highest BCUT2D eigenvalue weighted by Crippen LogP contribution is 2.31. The van der Waals surface area contributed by atoms with Gasteiger partial charge in [0.25, 0.3) is 0 Å². The minimum atomic E-state index is -0.882. The fourth-order valence-electron chi connectivity index (χ4n) is 1.17. The number of halogens is 3. The van der Waals surface area contributed by atoms with E-state index in [1.807, 2.05) is 0 Å². The molecule has 0 saturated carbocycles. The first kappa shape index (κ1) is 12.3. The van der Waals surface area contributed by atoms with Crippen LogP contribution in [-0.4, -0.2) is 9.97 Å². The highest BCUT2D eigenvalue weighted by molar-refractivity contribution is 7.99. The number of hydrogen-bond donors (Lipinski definition) is 0. The van der Waals surface area contributed by atoms with Gasteiger partial charge in [-0.2, -0.15) is 0 Å². The Labute approximate surface area is 106 Å². The van der Waals surface area contributed by atoms with Crippen LogP contribution >= 0.6 is 23.4 Å². The van der Waals surface area contributed by atoms with Crippen molar-refractivity contribution in [2.45, 2.75) is 16.8 Å². The third-order valence-electron chi connectivity index (χ3n) is 2.08. The molecule has 0 saturated heterocycles. The van der Waals surface area contributed by atoms with Crippen molar-refractivity contribution in [1.29, 1.82) is 0 Å². The van der Waals surface area contributed by atoms with Crippen LogP contribution in [0.3, 0.4) is 0 Å². The SMILES string of the molecule is Cc1c(Cl)ncnc1Sc1ccc(F)c(F)c1. The molecular weight excluding hydrogens is 266 g/mol. The van der Waals surface area contributed by atoms with Gasteiger partial charge in [-0.3, -0.25) is 0 Å². The number of benzene rings is 1. The molecule has 88 valence electrons. The zero-order valence-electron chi connectivity index (χ0n) is 8.75. The predicted octanol–water partition coefficient (Wildman–Crippen LogP) is 3.87. The van der Waals surface area contributed by atoms with Crippen molar-refractivity contribution < 1.29 is 8.78 Å². The molecular formula is C11H7ClF2N2S. The molecule has 0 radical (unpaired) electrons. The van der Waals surface area contributed by atoms with Crippen LogP contribution in [0.2, 0.25) is 5.15 Å². The van der Waals surface area contributed by atoms with Gasteiger partial charge in [-0.05, 0) is 25.1 Å². The van der Waals surface area contributed by atoms with E-state index in [0.29, 0.717) is 20.6 Å². The van der Waals surface area contributed by atoms with Crippen molar-refractivity contribution >= 4 is 23.4 Å². The van der Waals surface area contributed by atoms with Gasteiger partial charge in [0.2, 0.25) is 0 Å². The summed E-state index contributed by atoms with van der Waals surface area (Å²) >= 11 is 7.05. The molecule has 6 heteroatoms. The van der Waals surface area contributed by atoms with Gasteiger partial charge >= 0.3 is 0 Å². The van der Waals surface area contributed by atoms with Crippen molar-refractivity contribution in [3.05, 3.63) is 46.9 Å². The number of aromatic nitrogens is 2. The molecule has 0 fully saturated rings. The monoisotopic (exact) mass is 272 g/mol. The molecule has 1 aromatic heterocycles. The molecule has 0 unspecified atom stereocenters. The van der Waals surface area contributed by atoms with E-state index in [-0.39, 0.29) is 0 Å². The molecule has 1 heterocycles. The average Bonchev–Trinajstić information content (AvgIpc) is 2.30. The van der Waals surface area contributed by atoms with E-state index >= 15 is 0 Å². The Hall–Kier alpha value is -1.20. The summed E-state index contributed by atoms with van der Waals surface area (Å²) in [5.41, 5.74) is 0.712. The van der Waals surface area contributed by atoms with Crippen LogP contribution in [-0.2, 0) is 0 Å². The van der Waals surface area contributed by atoms with Gasteiger partial charge in [0.15, 0.2) is 11.6 Å². The molecule has 2 rings (SSSR count). The van der Waals surface area contributed by atoms with Crippen LogP contribution < -0.4 is 0 Å². The first-order chi connectivity index (χ1) is 8.08. The van der Waals surface area contributed by atoms with E-state index in [2.05, 4.69) is 9.97 Å². The Morgan fingerprint density at radius 2 is 1.94 bits per heavy atom. The van der Waals surface area contributed by atoms with Crippen molar-refractivity contribution in [2.75, 3.05) is 0 Å². The molecule has 0 N–H and O–H groups in total. The highest BCUT2D eigenvalue weighted by Gasteiger charge is 2.09. The summed E-state index contributed by atoms with van der Waals surface area (Å²) in [5.74, 6) is -1.75. The van der Waals surface area contributed by atoms with E-state index < -0.39 is 11.6 Å². The first-order valence-electron chi connectivity index (χ1n) is 4.68. The lowest BCUT2D eigenvalue weighted by atomic mass is 10.3. The lowest BCUT2D eigenvalue weighted by molar-refractivity contribution is 0.506. The fourth-order valence-corrected chi connectivity index (χ4v) is 2.23.